The van der Waals surface area contributed by atoms with Gasteiger partial charge in [0, 0.05) is 30.8 Å². The SMILES string of the molecule is CCNC(=NCCc1nc(C(C)C)no1)NC(C)C(C)c1ccccc1.I. The molecule has 0 radical (unpaired) electrons. The number of benzene rings is 1. The standard InChI is InChI=1S/C20H31N5O.HI/c1-6-21-20(22-13-12-18-24-19(14(2)3)25-26-18)23-16(5)15(4)17-10-8-7-9-11-17;/h7-11,14-16H,6,12-13H2,1-5H3,(H2,21,22,23);1H. The van der Waals surface area contributed by atoms with Gasteiger partial charge >= 0.3 is 0 Å². The van der Waals surface area contributed by atoms with Crippen molar-refractivity contribution in [3.63, 3.8) is 0 Å². The van der Waals surface area contributed by atoms with Gasteiger partial charge in [0.15, 0.2) is 11.8 Å². The predicted molar refractivity (Wildman–Crippen MR) is 121 cm³/mol. The van der Waals surface area contributed by atoms with E-state index in [0.29, 0.717) is 24.8 Å². The molecule has 2 atom stereocenters. The van der Waals surface area contributed by atoms with Crippen molar-refractivity contribution >= 4 is 29.9 Å². The fourth-order valence-corrected chi connectivity index (χ4v) is 2.57. The first kappa shape index (κ1) is 23.4. The molecule has 1 heterocycles. The van der Waals surface area contributed by atoms with E-state index >= 15 is 0 Å². The third-order valence-electron chi connectivity index (χ3n) is 4.38. The Balaban J connectivity index is 0.00000364. The molecular formula is C20H32IN5O. The summed E-state index contributed by atoms with van der Waals surface area (Å²) in [6.45, 7) is 12.0. The summed E-state index contributed by atoms with van der Waals surface area (Å²) in [4.78, 5) is 9.04. The topological polar surface area (TPSA) is 75.3 Å². The highest BCUT2D eigenvalue weighted by atomic mass is 127. The van der Waals surface area contributed by atoms with E-state index in [0.717, 1.165) is 18.3 Å². The van der Waals surface area contributed by atoms with Crippen molar-refractivity contribution in [1.29, 1.82) is 0 Å². The number of hydrogen-bond acceptors (Lipinski definition) is 4. The van der Waals surface area contributed by atoms with Crippen LogP contribution in [0.15, 0.2) is 39.8 Å². The molecule has 0 spiro atoms. The highest BCUT2D eigenvalue weighted by Gasteiger charge is 2.15. The van der Waals surface area contributed by atoms with Crippen LogP contribution < -0.4 is 10.6 Å². The molecule has 2 N–H and O–H groups in total. The molecule has 1 aromatic carbocycles. The molecule has 2 unspecified atom stereocenters. The minimum atomic E-state index is 0. The zero-order valence-electron chi connectivity index (χ0n) is 16.9. The van der Waals surface area contributed by atoms with Crippen LogP contribution in [0.3, 0.4) is 0 Å². The molecule has 1 aromatic heterocycles. The molecule has 0 aliphatic rings. The minimum Gasteiger partial charge on any atom is -0.357 e. The first-order chi connectivity index (χ1) is 12.5. The van der Waals surface area contributed by atoms with Crippen LogP contribution in [0.4, 0.5) is 0 Å². The molecule has 0 aliphatic carbocycles. The van der Waals surface area contributed by atoms with Crippen LogP contribution in [0.1, 0.15) is 63.7 Å². The predicted octanol–water partition coefficient (Wildman–Crippen LogP) is 4.10. The molecule has 0 bridgehead atoms. The van der Waals surface area contributed by atoms with Gasteiger partial charge in [-0.1, -0.05) is 56.3 Å². The second-order valence-electron chi connectivity index (χ2n) is 6.84. The van der Waals surface area contributed by atoms with E-state index in [2.05, 4.69) is 84.7 Å². The second-order valence-corrected chi connectivity index (χ2v) is 6.84. The molecule has 0 aliphatic heterocycles. The third kappa shape index (κ3) is 7.48. The number of aliphatic imine (C=N–C) groups is 1. The molecule has 0 fully saturated rings. The maximum Gasteiger partial charge on any atom is 0.228 e. The summed E-state index contributed by atoms with van der Waals surface area (Å²) in [5.41, 5.74) is 1.32. The van der Waals surface area contributed by atoms with Gasteiger partial charge in [-0.05, 0) is 19.4 Å². The van der Waals surface area contributed by atoms with E-state index < -0.39 is 0 Å². The van der Waals surface area contributed by atoms with Gasteiger partial charge in [0.25, 0.3) is 0 Å². The summed E-state index contributed by atoms with van der Waals surface area (Å²) in [5.74, 6) is 2.85. The Labute approximate surface area is 179 Å². The number of guanidine groups is 1. The first-order valence-corrected chi connectivity index (χ1v) is 9.43. The third-order valence-corrected chi connectivity index (χ3v) is 4.38. The number of hydrogen-bond donors (Lipinski definition) is 2. The minimum absolute atomic E-state index is 0. The van der Waals surface area contributed by atoms with Crippen molar-refractivity contribution in [2.45, 2.75) is 58.9 Å². The largest absolute Gasteiger partial charge is 0.357 e. The fourth-order valence-electron chi connectivity index (χ4n) is 2.57. The summed E-state index contributed by atoms with van der Waals surface area (Å²) in [6.07, 6.45) is 0.638. The van der Waals surface area contributed by atoms with Crippen LogP contribution in [0.5, 0.6) is 0 Å². The molecular weight excluding hydrogens is 453 g/mol. The van der Waals surface area contributed by atoms with Gasteiger partial charge in [-0.3, -0.25) is 4.99 Å². The van der Waals surface area contributed by atoms with Gasteiger partial charge < -0.3 is 15.2 Å². The van der Waals surface area contributed by atoms with Gasteiger partial charge in [-0.25, -0.2) is 0 Å². The van der Waals surface area contributed by atoms with E-state index in [1.807, 2.05) is 6.07 Å². The highest BCUT2D eigenvalue weighted by molar-refractivity contribution is 14.0. The molecule has 6 nitrogen and oxygen atoms in total. The van der Waals surface area contributed by atoms with Crippen molar-refractivity contribution in [3.05, 3.63) is 47.6 Å². The van der Waals surface area contributed by atoms with Crippen LogP contribution in [-0.4, -0.2) is 35.2 Å². The Hall–Kier alpha value is -1.64. The summed E-state index contributed by atoms with van der Waals surface area (Å²) in [5, 5.41) is 10.8. The molecule has 150 valence electrons. The molecule has 0 amide bonds. The van der Waals surface area contributed by atoms with Gasteiger partial charge in [-0.2, -0.15) is 4.98 Å². The van der Waals surface area contributed by atoms with E-state index in [-0.39, 0.29) is 35.9 Å². The molecule has 2 aromatic rings. The van der Waals surface area contributed by atoms with Crippen LogP contribution >= 0.6 is 24.0 Å². The molecule has 0 saturated heterocycles. The number of nitrogens with one attached hydrogen (secondary N) is 2. The van der Waals surface area contributed by atoms with Gasteiger partial charge in [-0.15, -0.1) is 24.0 Å². The number of halogens is 1. The van der Waals surface area contributed by atoms with Crippen LogP contribution in [0.25, 0.3) is 0 Å². The Morgan fingerprint density at radius 2 is 1.85 bits per heavy atom. The maximum atomic E-state index is 5.27. The highest BCUT2D eigenvalue weighted by Crippen LogP contribution is 2.18. The molecule has 27 heavy (non-hydrogen) atoms. The summed E-state index contributed by atoms with van der Waals surface area (Å²) >= 11 is 0. The lowest BCUT2D eigenvalue weighted by Gasteiger charge is -2.24. The Morgan fingerprint density at radius 3 is 2.44 bits per heavy atom. The average molecular weight is 485 g/mol. The quantitative estimate of drug-likeness (QED) is 0.335. The molecule has 2 rings (SSSR count). The Morgan fingerprint density at radius 1 is 1.15 bits per heavy atom. The number of rotatable bonds is 8. The van der Waals surface area contributed by atoms with Crippen LogP contribution in [0.2, 0.25) is 0 Å². The Bertz CT molecular complexity index is 687. The van der Waals surface area contributed by atoms with E-state index in [1.54, 1.807) is 0 Å². The van der Waals surface area contributed by atoms with Crippen molar-refractivity contribution in [2.75, 3.05) is 13.1 Å². The van der Waals surface area contributed by atoms with Crippen LogP contribution in [0, 0.1) is 0 Å². The van der Waals surface area contributed by atoms with E-state index in [4.69, 9.17) is 4.52 Å². The lowest BCUT2D eigenvalue weighted by molar-refractivity contribution is 0.372. The fraction of sp³-hybridized carbons (Fsp3) is 0.550. The zero-order valence-corrected chi connectivity index (χ0v) is 19.2. The van der Waals surface area contributed by atoms with Crippen molar-refractivity contribution in [2.24, 2.45) is 4.99 Å². The van der Waals surface area contributed by atoms with Crippen molar-refractivity contribution in [3.8, 4) is 0 Å². The van der Waals surface area contributed by atoms with E-state index in [9.17, 15) is 0 Å². The van der Waals surface area contributed by atoms with Crippen molar-refractivity contribution in [1.82, 2.24) is 20.8 Å². The number of nitrogens with zero attached hydrogens (tertiary/aromatic N) is 3. The van der Waals surface area contributed by atoms with Gasteiger partial charge in [0.05, 0.1) is 6.54 Å². The summed E-state index contributed by atoms with van der Waals surface area (Å²) in [6, 6.07) is 10.8. The monoisotopic (exact) mass is 485 g/mol. The Kier molecular flexibility index (Phi) is 10.4. The molecule has 7 heteroatoms. The lowest BCUT2D eigenvalue weighted by atomic mass is 9.94. The first-order valence-electron chi connectivity index (χ1n) is 9.43. The van der Waals surface area contributed by atoms with Gasteiger partial charge in [0.2, 0.25) is 5.89 Å². The summed E-state index contributed by atoms with van der Waals surface area (Å²) in [7, 11) is 0. The van der Waals surface area contributed by atoms with E-state index in [1.165, 1.54) is 5.56 Å². The second kappa shape index (κ2) is 11.9. The number of aromatic nitrogens is 2. The zero-order chi connectivity index (χ0) is 18.9. The smallest absolute Gasteiger partial charge is 0.228 e. The van der Waals surface area contributed by atoms with Crippen molar-refractivity contribution < 1.29 is 4.52 Å². The lowest BCUT2D eigenvalue weighted by Crippen LogP contribution is -2.44. The van der Waals surface area contributed by atoms with Gasteiger partial charge in [0.1, 0.15) is 0 Å². The maximum absolute atomic E-state index is 5.27. The summed E-state index contributed by atoms with van der Waals surface area (Å²) < 4.78 is 5.27. The molecule has 0 saturated carbocycles. The van der Waals surface area contributed by atoms with Crippen LogP contribution in [-0.2, 0) is 6.42 Å². The normalized spacial score (nSPS) is 13.8. The average Bonchev–Trinajstić information content (AvgIpc) is 3.11.